The monoisotopic (exact) mass is 512 g/mol. The summed E-state index contributed by atoms with van der Waals surface area (Å²) in [6.07, 6.45) is -1.71. The molecule has 1 saturated carbocycles. The maximum Gasteiger partial charge on any atom is 0.573 e. The number of hydrogen-bond acceptors (Lipinski definition) is 6. The van der Waals surface area contributed by atoms with Gasteiger partial charge in [0.15, 0.2) is 5.78 Å². The number of Topliss-reactive ketones (excluding diaryl/α,β-unsaturated/α-hetero) is 1. The fraction of sp³-hybridized carbons (Fsp3) is 0.458. The number of likely N-dealkylation sites (tertiary alicyclic amines) is 1. The van der Waals surface area contributed by atoms with Crippen LogP contribution in [0.3, 0.4) is 0 Å². The lowest BCUT2D eigenvalue weighted by Crippen LogP contribution is -2.44. The molecule has 2 fully saturated rings. The predicted octanol–water partition coefficient (Wildman–Crippen LogP) is 4.35. The summed E-state index contributed by atoms with van der Waals surface area (Å²) in [6.45, 7) is 1.60. The lowest BCUT2D eigenvalue weighted by molar-refractivity contribution is -0.275. The van der Waals surface area contributed by atoms with Crippen LogP contribution < -0.4 is 14.2 Å². The van der Waals surface area contributed by atoms with Gasteiger partial charge in [0.25, 0.3) is 0 Å². The van der Waals surface area contributed by atoms with E-state index in [1.54, 1.807) is 24.3 Å². The van der Waals surface area contributed by atoms with Crippen molar-refractivity contribution in [3.8, 4) is 11.5 Å². The highest BCUT2D eigenvalue weighted by molar-refractivity contribution is 7.89. The summed E-state index contributed by atoms with van der Waals surface area (Å²) in [5.41, 5.74) is 0.689. The summed E-state index contributed by atoms with van der Waals surface area (Å²) in [6, 6.07) is 11.7. The highest BCUT2D eigenvalue weighted by Crippen LogP contribution is 2.33. The number of nitrogens with zero attached hydrogens (tertiary/aromatic N) is 1. The van der Waals surface area contributed by atoms with Crippen LogP contribution in [-0.2, 0) is 10.0 Å². The van der Waals surface area contributed by atoms with Crippen LogP contribution in [0.1, 0.15) is 42.5 Å². The number of ketones is 1. The van der Waals surface area contributed by atoms with Gasteiger partial charge < -0.3 is 9.47 Å². The fourth-order valence-corrected chi connectivity index (χ4v) is 5.49. The van der Waals surface area contributed by atoms with Gasteiger partial charge in [0, 0.05) is 18.0 Å². The van der Waals surface area contributed by atoms with E-state index < -0.39 is 33.2 Å². The van der Waals surface area contributed by atoms with Gasteiger partial charge in [0.1, 0.15) is 16.4 Å². The number of nitrogens with one attached hydrogen (secondary N) is 1. The Hall–Kier alpha value is -2.63. The maximum atomic E-state index is 12.8. The SMILES string of the molecule is O=C(c1ccc(OCCCN2CCCC2NS(=O)(=O)c2ccccc2OC(F)(F)F)cc1)C1CC1. The quantitative estimate of drug-likeness (QED) is 0.356. The van der Waals surface area contributed by atoms with Gasteiger partial charge in [-0.15, -0.1) is 13.2 Å². The van der Waals surface area contributed by atoms with Crippen molar-refractivity contribution < 1.29 is 35.9 Å². The van der Waals surface area contributed by atoms with E-state index in [0.29, 0.717) is 43.9 Å². The number of carbonyl (C=O) groups excluding carboxylic acids is 1. The van der Waals surface area contributed by atoms with Gasteiger partial charge >= 0.3 is 6.36 Å². The Kier molecular flexibility index (Phi) is 7.67. The van der Waals surface area contributed by atoms with Crippen LogP contribution in [-0.4, -0.2) is 51.3 Å². The first-order valence-corrected chi connectivity index (χ1v) is 13.0. The second-order valence-electron chi connectivity index (χ2n) is 8.67. The van der Waals surface area contributed by atoms with Gasteiger partial charge in [-0.05, 0) is 75.0 Å². The largest absolute Gasteiger partial charge is 0.573 e. The molecule has 0 radical (unpaired) electrons. The maximum absolute atomic E-state index is 12.8. The summed E-state index contributed by atoms with van der Waals surface area (Å²) < 4.78 is 75.9. The number of sulfonamides is 1. The van der Waals surface area contributed by atoms with Crippen LogP contribution in [0.25, 0.3) is 0 Å². The Bertz CT molecular complexity index is 1130. The van der Waals surface area contributed by atoms with Gasteiger partial charge in [-0.3, -0.25) is 9.69 Å². The Balaban J connectivity index is 1.28. The first-order valence-electron chi connectivity index (χ1n) is 11.5. The normalized spacial score (nSPS) is 19.0. The molecular formula is C24H27F3N2O5S. The van der Waals surface area contributed by atoms with Crippen LogP contribution >= 0.6 is 0 Å². The minimum atomic E-state index is -5.00. The molecule has 7 nitrogen and oxygen atoms in total. The Labute approximate surface area is 202 Å². The van der Waals surface area contributed by atoms with Crippen molar-refractivity contribution in [1.82, 2.24) is 9.62 Å². The Morgan fingerprint density at radius 2 is 1.77 bits per heavy atom. The van der Waals surface area contributed by atoms with Crippen LogP contribution in [0.5, 0.6) is 11.5 Å². The molecule has 0 aromatic heterocycles. The van der Waals surface area contributed by atoms with Gasteiger partial charge in [0.05, 0.1) is 12.8 Å². The van der Waals surface area contributed by atoms with E-state index in [1.165, 1.54) is 12.1 Å². The molecular weight excluding hydrogens is 485 g/mol. The molecule has 0 amide bonds. The number of ether oxygens (including phenoxy) is 2. The molecule has 35 heavy (non-hydrogen) atoms. The molecule has 1 aliphatic heterocycles. The second-order valence-corrected chi connectivity index (χ2v) is 10.4. The van der Waals surface area contributed by atoms with Crippen molar-refractivity contribution in [3.63, 3.8) is 0 Å². The van der Waals surface area contributed by atoms with Crippen LogP contribution in [0.15, 0.2) is 53.4 Å². The standard InChI is InChI=1S/C24H27F3N2O5S/c25-24(26,27)34-20-5-1-2-6-21(20)35(31,32)28-22-7-3-14-29(22)15-4-16-33-19-12-10-18(11-13-19)23(30)17-8-9-17/h1-2,5-6,10-13,17,22,28H,3-4,7-9,14-16H2. The molecule has 1 aliphatic carbocycles. The molecule has 1 N–H and O–H groups in total. The van der Waals surface area contributed by atoms with E-state index in [4.69, 9.17) is 4.74 Å². The third kappa shape index (κ3) is 6.96. The lowest BCUT2D eigenvalue weighted by Gasteiger charge is -2.25. The van der Waals surface area contributed by atoms with Gasteiger partial charge in [-0.2, -0.15) is 4.72 Å². The molecule has 190 valence electrons. The molecule has 2 aliphatic rings. The molecule has 1 heterocycles. The van der Waals surface area contributed by atoms with Crippen LogP contribution in [0, 0.1) is 5.92 Å². The average molecular weight is 513 g/mol. The zero-order valence-corrected chi connectivity index (χ0v) is 19.8. The van der Waals surface area contributed by atoms with E-state index in [1.807, 2.05) is 4.90 Å². The van der Waals surface area contributed by atoms with E-state index >= 15 is 0 Å². The minimum Gasteiger partial charge on any atom is -0.494 e. The molecule has 1 unspecified atom stereocenters. The van der Waals surface area contributed by atoms with E-state index in [9.17, 15) is 26.4 Å². The van der Waals surface area contributed by atoms with Crippen LogP contribution in [0.2, 0.25) is 0 Å². The Morgan fingerprint density at radius 1 is 1.06 bits per heavy atom. The molecule has 2 aromatic rings. The lowest BCUT2D eigenvalue weighted by atomic mass is 10.1. The van der Waals surface area contributed by atoms with E-state index in [-0.39, 0.29) is 11.7 Å². The van der Waals surface area contributed by atoms with Gasteiger partial charge in [0.2, 0.25) is 10.0 Å². The van der Waals surface area contributed by atoms with E-state index in [2.05, 4.69) is 9.46 Å². The number of benzene rings is 2. The van der Waals surface area contributed by atoms with Crippen molar-refractivity contribution in [2.75, 3.05) is 19.7 Å². The minimum absolute atomic E-state index is 0.165. The van der Waals surface area contributed by atoms with Crippen molar-refractivity contribution >= 4 is 15.8 Å². The average Bonchev–Trinajstić information content (AvgIpc) is 3.57. The third-order valence-electron chi connectivity index (χ3n) is 5.96. The summed E-state index contributed by atoms with van der Waals surface area (Å²) in [7, 11) is -4.24. The zero-order valence-electron chi connectivity index (χ0n) is 19.0. The van der Waals surface area contributed by atoms with E-state index in [0.717, 1.165) is 31.4 Å². The van der Waals surface area contributed by atoms with Gasteiger partial charge in [-0.1, -0.05) is 12.1 Å². The first-order chi connectivity index (χ1) is 16.6. The topological polar surface area (TPSA) is 84.9 Å². The molecule has 0 spiro atoms. The number of rotatable bonds is 11. The number of alkyl halides is 3. The molecule has 4 rings (SSSR count). The zero-order chi connectivity index (χ0) is 25.1. The smallest absolute Gasteiger partial charge is 0.494 e. The molecule has 11 heteroatoms. The summed E-state index contributed by atoms with van der Waals surface area (Å²) in [4.78, 5) is 13.5. The number of hydrogen-bond donors (Lipinski definition) is 1. The van der Waals surface area contributed by atoms with Crippen molar-refractivity contribution in [3.05, 3.63) is 54.1 Å². The number of para-hydroxylation sites is 1. The molecule has 2 aromatic carbocycles. The Morgan fingerprint density at radius 3 is 2.46 bits per heavy atom. The molecule has 1 atom stereocenters. The highest BCUT2D eigenvalue weighted by atomic mass is 32.2. The number of halogens is 3. The summed E-state index contributed by atoms with van der Waals surface area (Å²) >= 11 is 0. The predicted molar refractivity (Wildman–Crippen MR) is 122 cm³/mol. The fourth-order valence-electron chi connectivity index (χ4n) is 4.11. The van der Waals surface area contributed by atoms with Crippen molar-refractivity contribution in [1.29, 1.82) is 0 Å². The van der Waals surface area contributed by atoms with Crippen molar-refractivity contribution in [2.24, 2.45) is 5.92 Å². The summed E-state index contributed by atoms with van der Waals surface area (Å²) in [5.74, 6) is 0.220. The van der Waals surface area contributed by atoms with Crippen LogP contribution in [0.4, 0.5) is 13.2 Å². The summed E-state index contributed by atoms with van der Waals surface area (Å²) in [5, 5.41) is 0. The second kappa shape index (κ2) is 10.5. The molecule has 1 saturated heterocycles. The highest BCUT2D eigenvalue weighted by Gasteiger charge is 2.35. The van der Waals surface area contributed by atoms with Crippen molar-refractivity contribution in [2.45, 2.75) is 49.5 Å². The van der Waals surface area contributed by atoms with Gasteiger partial charge in [-0.25, -0.2) is 8.42 Å². The molecule has 0 bridgehead atoms. The first kappa shape index (κ1) is 25.5. The number of carbonyl (C=O) groups is 1. The third-order valence-corrected chi connectivity index (χ3v) is 7.46.